The zero-order valence-electron chi connectivity index (χ0n) is 29.8. The SMILES string of the molecule is CC(C)(C)OC(=O)CN1CCN(CC(=O)ON2C(=O)CCC2=O)CCN(CC(O)OC(C)(C)C)CCN(CC(=O)OC(C)(C)C)CC1. The topological polar surface area (TPSA) is 159 Å². The molecule has 1 atom stereocenters. The molecule has 2 aliphatic heterocycles. The van der Waals surface area contributed by atoms with E-state index in [1.807, 2.05) is 61.1 Å². The van der Waals surface area contributed by atoms with E-state index in [-0.39, 0.29) is 45.0 Å². The Morgan fingerprint density at radius 3 is 1.28 bits per heavy atom. The normalized spacial score (nSPS) is 20.0. The molecule has 0 bridgehead atoms. The fourth-order valence-corrected chi connectivity index (χ4v) is 4.99. The van der Waals surface area contributed by atoms with E-state index in [9.17, 15) is 29.1 Å². The van der Waals surface area contributed by atoms with E-state index in [1.54, 1.807) is 20.8 Å². The average Bonchev–Trinajstić information content (AvgIpc) is 3.18. The predicted molar refractivity (Wildman–Crippen MR) is 171 cm³/mol. The summed E-state index contributed by atoms with van der Waals surface area (Å²) < 4.78 is 16.9. The first-order valence-corrected chi connectivity index (χ1v) is 16.3. The zero-order chi connectivity index (χ0) is 35.6. The summed E-state index contributed by atoms with van der Waals surface area (Å²) in [6.07, 6.45) is -1.10. The van der Waals surface area contributed by atoms with Gasteiger partial charge in [-0.25, -0.2) is 4.79 Å². The summed E-state index contributed by atoms with van der Waals surface area (Å²) in [5.41, 5.74) is -1.89. The van der Waals surface area contributed by atoms with Crippen LogP contribution in [0, 0.1) is 0 Å². The zero-order valence-corrected chi connectivity index (χ0v) is 29.8. The van der Waals surface area contributed by atoms with E-state index >= 15 is 0 Å². The summed E-state index contributed by atoms with van der Waals surface area (Å²) >= 11 is 0. The fourth-order valence-electron chi connectivity index (χ4n) is 4.99. The van der Waals surface area contributed by atoms with Gasteiger partial charge in [0.15, 0.2) is 6.29 Å². The van der Waals surface area contributed by atoms with E-state index in [1.165, 1.54) is 0 Å². The molecule has 0 aliphatic carbocycles. The van der Waals surface area contributed by atoms with E-state index in [0.29, 0.717) is 57.4 Å². The number of esters is 2. The van der Waals surface area contributed by atoms with Crippen LogP contribution in [-0.2, 0) is 43.0 Å². The lowest BCUT2D eigenvalue weighted by Crippen LogP contribution is -2.50. The van der Waals surface area contributed by atoms with Crippen LogP contribution in [0.5, 0.6) is 0 Å². The van der Waals surface area contributed by atoms with Gasteiger partial charge in [-0.15, -0.1) is 5.06 Å². The Labute approximate surface area is 279 Å². The first-order valence-electron chi connectivity index (χ1n) is 16.3. The Bertz CT molecular complexity index is 1070. The minimum absolute atomic E-state index is 0.00489. The van der Waals surface area contributed by atoms with Gasteiger partial charge in [0.05, 0.1) is 25.2 Å². The van der Waals surface area contributed by atoms with Crippen molar-refractivity contribution in [2.45, 2.75) is 98.2 Å². The molecule has 1 N–H and O–H groups in total. The van der Waals surface area contributed by atoms with Crippen LogP contribution in [0.15, 0.2) is 0 Å². The van der Waals surface area contributed by atoms with E-state index in [2.05, 4.69) is 0 Å². The van der Waals surface area contributed by atoms with Crippen LogP contribution in [0.25, 0.3) is 0 Å². The van der Waals surface area contributed by atoms with Crippen molar-refractivity contribution in [2.75, 3.05) is 78.5 Å². The Kier molecular flexibility index (Phi) is 15.2. The van der Waals surface area contributed by atoms with E-state index < -0.39 is 46.8 Å². The molecule has 2 rings (SSSR count). The van der Waals surface area contributed by atoms with Crippen LogP contribution in [0.1, 0.15) is 75.2 Å². The Morgan fingerprint density at radius 2 is 0.936 bits per heavy atom. The van der Waals surface area contributed by atoms with Crippen molar-refractivity contribution in [2.24, 2.45) is 0 Å². The molecule has 2 aliphatic rings. The van der Waals surface area contributed by atoms with Crippen molar-refractivity contribution >= 4 is 29.7 Å². The third-order valence-electron chi connectivity index (χ3n) is 6.93. The smallest absolute Gasteiger partial charge is 0.347 e. The molecule has 1 unspecified atom stereocenters. The predicted octanol–water partition coefficient (Wildman–Crippen LogP) is 0.632. The average molecular weight is 672 g/mol. The number of carbonyl (C=O) groups excluding carboxylic acids is 5. The number of aliphatic hydroxyl groups is 1. The number of carbonyl (C=O) groups is 5. The molecule has 2 amide bonds. The molecular formula is C32H57N5O10. The fraction of sp³-hybridized carbons (Fsp3) is 0.844. The van der Waals surface area contributed by atoms with Gasteiger partial charge in [0.1, 0.15) is 11.2 Å². The highest BCUT2D eigenvalue weighted by Gasteiger charge is 2.33. The summed E-state index contributed by atoms with van der Waals surface area (Å²) in [6.45, 7) is 19.6. The van der Waals surface area contributed by atoms with Crippen LogP contribution >= 0.6 is 0 Å². The number of aliphatic hydroxyl groups excluding tert-OH is 1. The van der Waals surface area contributed by atoms with Gasteiger partial charge in [0.25, 0.3) is 11.8 Å². The highest BCUT2D eigenvalue weighted by Crippen LogP contribution is 2.14. The number of hydrogen-bond acceptors (Lipinski definition) is 14. The quantitative estimate of drug-likeness (QED) is 0.196. The molecule has 0 spiro atoms. The lowest BCUT2D eigenvalue weighted by molar-refractivity contribution is -0.198. The maximum absolute atomic E-state index is 12.9. The third-order valence-corrected chi connectivity index (χ3v) is 6.93. The number of β-amino-alcohol motifs (C(OH)–C–C–N with tert-alkyl or cyclic N) is 1. The number of ether oxygens (including phenoxy) is 3. The standard InChI is InChI=1S/C32H57N5O10/c1-30(2,3)44-26(40)20-33-12-14-34(21-27(41)45-31(4,5)6)16-18-36(23-29(43)47-37-24(38)10-11-25(37)39)19-17-35(15-13-33)22-28(42)46-32(7,8)9/h27,41H,10-23H2,1-9H3. The number of nitrogens with zero attached hydrogens (tertiary/aromatic N) is 5. The summed E-state index contributed by atoms with van der Waals surface area (Å²) in [7, 11) is 0. The van der Waals surface area contributed by atoms with Crippen molar-refractivity contribution in [3.63, 3.8) is 0 Å². The van der Waals surface area contributed by atoms with E-state index in [0.717, 1.165) is 0 Å². The van der Waals surface area contributed by atoms with Crippen LogP contribution in [0.2, 0.25) is 0 Å². The van der Waals surface area contributed by atoms with Crippen molar-refractivity contribution in [3.05, 3.63) is 0 Å². The second-order valence-electron chi connectivity index (χ2n) is 15.0. The van der Waals surface area contributed by atoms with Crippen LogP contribution in [0.3, 0.4) is 0 Å². The van der Waals surface area contributed by atoms with E-state index in [4.69, 9.17) is 19.0 Å². The lowest BCUT2D eigenvalue weighted by Gasteiger charge is -2.35. The summed E-state index contributed by atoms with van der Waals surface area (Å²) in [6, 6.07) is 0. The molecule has 0 aromatic carbocycles. The maximum Gasteiger partial charge on any atom is 0.347 e. The first kappa shape index (κ1) is 40.5. The number of rotatable bonds is 10. The monoisotopic (exact) mass is 671 g/mol. The second-order valence-corrected chi connectivity index (χ2v) is 15.0. The van der Waals surface area contributed by atoms with Gasteiger partial charge < -0.3 is 24.2 Å². The third kappa shape index (κ3) is 17.3. The molecule has 0 radical (unpaired) electrons. The lowest BCUT2D eigenvalue weighted by atomic mass is 10.2. The van der Waals surface area contributed by atoms with Crippen LogP contribution in [0.4, 0.5) is 0 Å². The minimum atomic E-state index is -1.09. The van der Waals surface area contributed by atoms with Gasteiger partial charge in [0.2, 0.25) is 0 Å². The minimum Gasteiger partial charge on any atom is -0.459 e. The molecule has 0 aromatic heterocycles. The van der Waals surface area contributed by atoms with Crippen LogP contribution < -0.4 is 0 Å². The van der Waals surface area contributed by atoms with Gasteiger partial charge in [-0.05, 0) is 62.3 Å². The van der Waals surface area contributed by atoms with Crippen molar-refractivity contribution in [1.29, 1.82) is 0 Å². The summed E-state index contributed by atoms with van der Waals surface area (Å²) in [5, 5.41) is 11.3. The number of hydroxylamine groups is 2. The van der Waals surface area contributed by atoms with Gasteiger partial charge in [-0.2, -0.15) is 0 Å². The van der Waals surface area contributed by atoms with Gasteiger partial charge in [-0.1, -0.05) is 0 Å². The molecule has 270 valence electrons. The molecule has 0 saturated carbocycles. The molecule has 15 heteroatoms. The van der Waals surface area contributed by atoms with Gasteiger partial charge >= 0.3 is 17.9 Å². The van der Waals surface area contributed by atoms with Crippen LogP contribution in [-0.4, -0.2) is 161 Å². The Balaban J connectivity index is 2.27. The molecule has 47 heavy (non-hydrogen) atoms. The Morgan fingerprint density at radius 1 is 0.596 bits per heavy atom. The second kappa shape index (κ2) is 17.6. The molecule has 2 heterocycles. The molecule has 0 aromatic rings. The Hall–Kier alpha value is -2.69. The highest BCUT2D eigenvalue weighted by atomic mass is 16.7. The van der Waals surface area contributed by atoms with Gasteiger partial charge in [0, 0.05) is 71.7 Å². The maximum atomic E-state index is 12.9. The number of amides is 2. The van der Waals surface area contributed by atoms with Crippen molar-refractivity contribution < 1.29 is 48.1 Å². The molecule has 15 nitrogen and oxygen atoms in total. The molecule has 2 fully saturated rings. The summed E-state index contributed by atoms with van der Waals surface area (Å²) in [5.74, 6) is -2.65. The molecular weight excluding hydrogens is 614 g/mol. The summed E-state index contributed by atoms with van der Waals surface area (Å²) in [4.78, 5) is 75.4. The largest absolute Gasteiger partial charge is 0.459 e. The van der Waals surface area contributed by atoms with Gasteiger partial charge in [-0.3, -0.25) is 38.8 Å². The number of hydrogen-bond donors (Lipinski definition) is 1. The molecule has 2 saturated heterocycles. The number of imide groups is 1. The van der Waals surface area contributed by atoms with Crippen molar-refractivity contribution in [3.8, 4) is 0 Å². The highest BCUT2D eigenvalue weighted by molar-refractivity contribution is 6.01. The van der Waals surface area contributed by atoms with Crippen molar-refractivity contribution in [1.82, 2.24) is 24.7 Å². The first-order chi connectivity index (χ1) is 21.6.